The number of hydrogen-bond acceptors (Lipinski definition) is 5. The molecule has 1 fully saturated rings. The van der Waals surface area contributed by atoms with Gasteiger partial charge in [-0.3, -0.25) is 4.79 Å². The first-order chi connectivity index (χ1) is 8.49. The minimum atomic E-state index is -0.863. The number of nitrogens with zero attached hydrogens (tertiary/aromatic N) is 2. The number of hydrogen-bond donors (Lipinski definition) is 1. The molecule has 18 heavy (non-hydrogen) atoms. The molecule has 1 aliphatic heterocycles. The number of likely N-dealkylation sites (N-methyl/N-ethyl adjacent to an activating group) is 1. The zero-order valence-electron chi connectivity index (χ0n) is 11.9. The van der Waals surface area contributed by atoms with Gasteiger partial charge >= 0.3 is 5.97 Å². The maximum Gasteiger partial charge on any atom is 0.325 e. The summed E-state index contributed by atoms with van der Waals surface area (Å²) in [6.07, 6.45) is 0.651. The van der Waals surface area contributed by atoms with E-state index < -0.39 is 5.54 Å². The lowest BCUT2D eigenvalue weighted by Crippen LogP contribution is -2.51. The van der Waals surface area contributed by atoms with Gasteiger partial charge in [-0.2, -0.15) is 0 Å². The third-order valence-electron chi connectivity index (χ3n) is 3.60. The number of nitrogens with two attached hydrogens (primary N) is 1. The lowest BCUT2D eigenvalue weighted by Gasteiger charge is -2.35. The molecule has 0 aliphatic carbocycles. The third kappa shape index (κ3) is 4.55. The Labute approximate surface area is 110 Å². The molecule has 0 radical (unpaired) electrons. The molecule has 0 bridgehead atoms. The van der Waals surface area contributed by atoms with E-state index in [2.05, 4.69) is 16.7 Å². The molecule has 0 aromatic carbocycles. The van der Waals surface area contributed by atoms with Crippen LogP contribution in [-0.4, -0.2) is 67.2 Å². The maximum absolute atomic E-state index is 11.7. The summed E-state index contributed by atoms with van der Waals surface area (Å²) in [6.45, 7) is 12.5. The van der Waals surface area contributed by atoms with Crippen LogP contribution in [0.1, 0.15) is 27.2 Å². The van der Waals surface area contributed by atoms with Gasteiger partial charge in [0, 0.05) is 32.7 Å². The van der Waals surface area contributed by atoms with E-state index in [-0.39, 0.29) is 5.97 Å². The first-order valence-electron chi connectivity index (χ1n) is 6.90. The normalized spacial score (nSPS) is 21.6. The third-order valence-corrected chi connectivity index (χ3v) is 3.60. The standard InChI is InChI=1S/C13H27N3O2/c1-4-15-8-10-16(11-9-15)7-6-13(3,14)12(17)18-5-2/h4-11,14H2,1-3H3. The SMILES string of the molecule is CCOC(=O)C(C)(N)CCN1CCN(CC)CC1. The van der Waals surface area contributed by atoms with Crippen molar-refractivity contribution in [3.8, 4) is 0 Å². The van der Waals surface area contributed by atoms with Gasteiger partial charge in [-0.25, -0.2) is 0 Å². The van der Waals surface area contributed by atoms with Crippen LogP contribution in [0, 0.1) is 0 Å². The Hall–Kier alpha value is -0.650. The van der Waals surface area contributed by atoms with Crippen LogP contribution in [0.2, 0.25) is 0 Å². The van der Waals surface area contributed by atoms with Gasteiger partial charge in [-0.1, -0.05) is 6.92 Å². The van der Waals surface area contributed by atoms with Crippen molar-refractivity contribution in [3.05, 3.63) is 0 Å². The monoisotopic (exact) mass is 257 g/mol. The highest BCUT2D eigenvalue weighted by molar-refractivity contribution is 5.79. The second kappa shape index (κ2) is 7.07. The molecule has 0 aromatic heterocycles. The molecule has 5 heteroatoms. The van der Waals surface area contributed by atoms with Crippen molar-refractivity contribution in [2.24, 2.45) is 5.73 Å². The molecular formula is C13H27N3O2. The van der Waals surface area contributed by atoms with Crippen LogP contribution in [0.25, 0.3) is 0 Å². The van der Waals surface area contributed by atoms with Crippen LogP contribution in [0.15, 0.2) is 0 Å². The summed E-state index contributed by atoms with van der Waals surface area (Å²) in [4.78, 5) is 16.5. The highest BCUT2D eigenvalue weighted by Crippen LogP contribution is 2.11. The van der Waals surface area contributed by atoms with Crippen LogP contribution in [0.4, 0.5) is 0 Å². The Morgan fingerprint density at radius 1 is 1.22 bits per heavy atom. The van der Waals surface area contributed by atoms with Gasteiger partial charge in [0.15, 0.2) is 0 Å². The van der Waals surface area contributed by atoms with E-state index in [0.29, 0.717) is 13.0 Å². The van der Waals surface area contributed by atoms with E-state index in [1.165, 1.54) is 0 Å². The van der Waals surface area contributed by atoms with Crippen LogP contribution in [0.3, 0.4) is 0 Å². The van der Waals surface area contributed by atoms with Gasteiger partial charge in [0.25, 0.3) is 0 Å². The Kier molecular flexibility index (Phi) is 6.05. The Morgan fingerprint density at radius 3 is 2.28 bits per heavy atom. The lowest BCUT2D eigenvalue weighted by molar-refractivity contribution is -0.149. The minimum absolute atomic E-state index is 0.294. The molecule has 1 aliphatic rings. The number of carbonyl (C=O) groups excluding carboxylic acids is 1. The van der Waals surface area contributed by atoms with Gasteiger partial charge in [-0.15, -0.1) is 0 Å². The molecule has 1 saturated heterocycles. The van der Waals surface area contributed by atoms with Crippen LogP contribution in [-0.2, 0) is 9.53 Å². The van der Waals surface area contributed by atoms with E-state index in [1.807, 2.05) is 0 Å². The summed E-state index contributed by atoms with van der Waals surface area (Å²) < 4.78 is 4.99. The average molecular weight is 257 g/mol. The van der Waals surface area contributed by atoms with Crippen molar-refractivity contribution in [3.63, 3.8) is 0 Å². The molecule has 106 valence electrons. The van der Waals surface area contributed by atoms with Crippen LogP contribution < -0.4 is 5.73 Å². The van der Waals surface area contributed by atoms with Gasteiger partial charge in [0.2, 0.25) is 0 Å². The number of rotatable bonds is 6. The van der Waals surface area contributed by atoms with Crippen LogP contribution >= 0.6 is 0 Å². The Bertz CT molecular complexity index is 261. The van der Waals surface area contributed by atoms with Gasteiger partial charge in [0.05, 0.1) is 6.61 Å². The first-order valence-corrected chi connectivity index (χ1v) is 6.90. The van der Waals surface area contributed by atoms with Gasteiger partial charge < -0.3 is 20.3 Å². The highest BCUT2D eigenvalue weighted by Gasteiger charge is 2.30. The highest BCUT2D eigenvalue weighted by atomic mass is 16.5. The van der Waals surface area contributed by atoms with Crippen molar-refractivity contribution >= 4 is 5.97 Å². The van der Waals surface area contributed by atoms with E-state index in [0.717, 1.165) is 39.3 Å². The number of carbonyl (C=O) groups is 1. The Balaban J connectivity index is 2.30. The summed E-state index contributed by atoms with van der Waals surface area (Å²) in [5, 5.41) is 0. The van der Waals surface area contributed by atoms with Crippen molar-refractivity contribution in [1.29, 1.82) is 0 Å². The zero-order valence-corrected chi connectivity index (χ0v) is 11.9. The molecule has 5 nitrogen and oxygen atoms in total. The summed E-state index contributed by atoms with van der Waals surface area (Å²) in [6, 6.07) is 0. The first kappa shape index (κ1) is 15.4. The maximum atomic E-state index is 11.7. The second-order valence-electron chi connectivity index (χ2n) is 5.16. The largest absolute Gasteiger partial charge is 0.465 e. The summed E-state index contributed by atoms with van der Waals surface area (Å²) >= 11 is 0. The number of esters is 1. The molecule has 1 atom stereocenters. The topological polar surface area (TPSA) is 58.8 Å². The molecule has 0 saturated carbocycles. The lowest BCUT2D eigenvalue weighted by atomic mass is 9.99. The minimum Gasteiger partial charge on any atom is -0.465 e. The van der Waals surface area contributed by atoms with Crippen molar-refractivity contribution in [2.75, 3.05) is 45.9 Å². The van der Waals surface area contributed by atoms with Crippen molar-refractivity contribution in [1.82, 2.24) is 9.80 Å². The number of ether oxygens (including phenoxy) is 1. The smallest absolute Gasteiger partial charge is 0.325 e. The molecule has 1 heterocycles. The Morgan fingerprint density at radius 2 is 1.78 bits per heavy atom. The predicted octanol–water partition coefficient (Wildman–Crippen LogP) is 0.295. The molecular weight excluding hydrogens is 230 g/mol. The van der Waals surface area contributed by atoms with Gasteiger partial charge in [0.1, 0.15) is 5.54 Å². The van der Waals surface area contributed by atoms with E-state index >= 15 is 0 Å². The summed E-state index contributed by atoms with van der Waals surface area (Å²) in [7, 11) is 0. The summed E-state index contributed by atoms with van der Waals surface area (Å²) in [5.41, 5.74) is 5.14. The zero-order chi connectivity index (χ0) is 13.6. The fourth-order valence-corrected chi connectivity index (χ4v) is 2.12. The van der Waals surface area contributed by atoms with Crippen molar-refractivity contribution in [2.45, 2.75) is 32.7 Å². The molecule has 0 amide bonds. The molecule has 2 N–H and O–H groups in total. The van der Waals surface area contributed by atoms with Crippen molar-refractivity contribution < 1.29 is 9.53 Å². The average Bonchev–Trinajstić information content (AvgIpc) is 2.37. The number of piperazine rings is 1. The van der Waals surface area contributed by atoms with Crippen LogP contribution in [0.5, 0.6) is 0 Å². The molecule has 0 aromatic rings. The molecule has 1 rings (SSSR count). The summed E-state index contributed by atoms with van der Waals surface area (Å²) in [5.74, 6) is -0.294. The van der Waals surface area contributed by atoms with Gasteiger partial charge in [-0.05, 0) is 26.8 Å². The van der Waals surface area contributed by atoms with E-state index in [1.54, 1.807) is 13.8 Å². The fraction of sp³-hybridized carbons (Fsp3) is 0.923. The molecule has 1 unspecified atom stereocenters. The second-order valence-corrected chi connectivity index (χ2v) is 5.16. The molecule has 0 spiro atoms. The van der Waals surface area contributed by atoms with E-state index in [9.17, 15) is 4.79 Å². The van der Waals surface area contributed by atoms with E-state index in [4.69, 9.17) is 10.5 Å². The fourth-order valence-electron chi connectivity index (χ4n) is 2.12. The predicted molar refractivity (Wildman–Crippen MR) is 72.4 cm³/mol. The quantitative estimate of drug-likeness (QED) is 0.693.